The molecule has 1 aromatic heterocycles. The van der Waals surface area contributed by atoms with Crippen LogP contribution < -0.4 is 5.14 Å². The molecule has 4 nitrogen and oxygen atoms in total. The van der Waals surface area contributed by atoms with Crippen LogP contribution in [-0.2, 0) is 10.0 Å². The molecule has 1 rings (SSSR count). The van der Waals surface area contributed by atoms with Crippen LogP contribution in [0.15, 0.2) is 15.7 Å². The number of hydrogen-bond donors (Lipinski definition) is 2. The average Bonchev–Trinajstić information content (AvgIpc) is 2.78. The fraction of sp³-hybridized carbons (Fsp3) is 0.538. The summed E-state index contributed by atoms with van der Waals surface area (Å²) in [5.74, 6) is 5.12. The Morgan fingerprint density at radius 1 is 1.53 bits per heavy atom. The molecule has 0 aliphatic carbocycles. The molecule has 19 heavy (non-hydrogen) atoms. The first kappa shape index (κ1) is 16.2. The Balaban J connectivity index is 3.33. The van der Waals surface area contributed by atoms with E-state index in [1.165, 1.54) is 0 Å². The van der Waals surface area contributed by atoms with Crippen LogP contribution in [0.25, 0.3) is 0 Å². The predicted octanol–water partition coefficient (Wildman–Crippen LogP) is 1.91. The van der Waals surface area contributed by atoms with Crippen molar-refractivity contribution >= 4 is 21.4 Å². The summed E-state index contributed by atoms with van der Waals surface area (Å²) in [6, 6.07) is 1.71. The van der Waals surface area contributed by atoms with Gasteiger partial charge in [-0.2, -0.15) is 0 Å². The number of sulfonamides is 1. The van der Waals surface area contributed by atoms with Crippen molar-refractivity contribution in [3.63, 3.8) is 0 Å². The quantitative estimate of drug-likeness (QED) is 0.815. The molecule has 0 spiro atoms. The summed E-state index contributed by atoms with van der Waals surface area (Å²) in [4.78, 5) is 0. The molecule has 0 amide bonds. The third kappa shape index (κ3) is 3.80. The van der Waals surface area contributed by atoms with Gasteiger partial charge >= 0.3 is 0 Å². The second kappa shape index (κ2) is 6.53. The van der Waals surface area contributed by atoms with Gasteiger partial charge in [0.25, 0.3) is 0 Å². The minimum absolute atomic E-state index is 0.103. The van der Waals surface area contributed by atoms with Gasteiger partial charge in [0, 0.05) is 5.92 Å². The SMILES string of the molecule is CC#CC(O)[C@H](c1ccsc1S(N)(=O)=O)[C@@H](C)CC. The molecule has 0 bridgehead atoms. The van der Waals surface area contributed by atoms with Crippen LogP contribution in [0.1, 0.15) is 38.7 Å². The van der Waals surface area contributed by atoms with E-state index >= 15 is 0 Å². The monoisotopic (exact) mass is 301 g/mol. The van der Waals surface area contributed by atoms with Crippen molar-refractivity contribution in [2.24, 2.45) is 11.1 Å². The Labute approximate surface area is 118 Å². The smallest absolute Gasteiger partial charge is 0.247 e. The number of thiophene rings is 1. The highest BCUT2D eigenvalue weighted by molar-refractivity contribution is 7.91. The Hall–Kier alpha value is -0.870. The van der Waals surface area contributed by atoms with E-state index in [1.54, 1.807) is 18.4 Å². The maximum Gasteiger partial charge on any atom is 0.247 e. The van der Waals surface area contributed by atoms with Crippen LogP contribution in [0.2, 0.25) is 0 Å². The molecule has 106 valence electrons. The molecule has 0 fully saturated rings. The standard InChI is InChI=1S/C13H19NO3S2/c1-4-6-11(15)12(9(3)5-2)10-7-8-18-13(10)19(14,16)17/h7-9,11-12,15H,5H2,1-3H3,(H2,14,16,17)/t9-,11?,12-/m0/s1. The number of aliphatic hydroxyl groups is 1. The fourth-order valence-electron chi connectivity index (χ4n) is 2.06. The van der Waals surface area contributed by atoms with E-state index in [-0.39, 0.29) is 16.0 Å². The molecule has 3 atom stereocenters. The van der Waals surface area contributed by atoms with E-state index in [9.17, 15) is 13.5 Å². The molecule has 1 unspecified atom stereocenters. The predicted molar refractivity (Wildman–Crippen MR) is 77.3 cm³/mol. The van der Waals surface area contributed by atoms with Gasteiger partial charge in [0.15, 0.2) is 0 Å². The highest BCUT2D eigenvalue weighted by Crippen LogP contribution is 2.36. The fourth-order valence-corrected chi connectivity index (χ4v) is 3.98. The topological polar surface area (TPSA) is 80.4 Å². The lowest BCUT2D eigenvalue weighted by atomic mass is 9.83. The molecule has 3 N–H and O–H groups in total. The van der Waals surface area contributed by atoms with Crippen molar-refractivity contribution in [1.29, 1.82) is 0 Å². The third-order valence-corrected chi connectivity index (χ3v) is 5.63. The zero-order valence-corrected chi connectivity index (χ0v) is 12.9. The van der Waals surface area contributed by atoms with Gasteiger partial charge < -0.3 is 5.11 Å². The molecular weight excluding hydrogens is 282 g/mol. The molecule has 6 heteroatoms. The lowest BCUT2D eigenvalue weighted by Gasteiger charge is -2.25. The van der Waals surface area contributed by atoms with E-state index in [4.69, 9.17) is 5.14 Å². The second-order valence-electron chi connectivity index (χ2n) is 4.46. The summed E-state index contributed by atoms with van der Waals surface area (Å²) in [7, 11) is -3.77. The Morgan fingerprint density at radius 2 is 2.16 bits per heavy atom. The first-order valence-electron chi connectivity index (χ1n) is 6.03. The van der Waals surface area contributed by atoms with E-state index in [0.29, 0.717) is 5.56 Å². The molecule has 0 saturated carbocycles. The first-order chi connectivity index (χ1) is 8.82. The summed E-state index contributed by atoms with van der Waals surface area (Å²) in [6.45, 7) is 5.60. The molecule has 0 aliphatic rings. The largest absolute Gasteiger partial charge is 0.380 e. The number of aliphatic hydroxyl groups excluding tert-OH is 1. The van der Waals surface area contributed by atoms with Crippen LogP contribution in [0.4, 0.5) is 0 Å². The molecular formula is C13H19NO3S2. The van der Waals surface area contributed by atoms with Crippen molar-refractivity contribution in [3.05, 3.63) is 17.0 Å². The lowest BCUT2D eigenvalue weighted by Crippen LogP contribution is -2.25. The molecule has 0 saturated heterocycles. The van der Waals surface area contributed by atoms with Gasteiger partial charge in [0.1, 0.15) is 10.3 Å². The summed E-state index contributed by atoms with van der Waals surface area (Å²) in [6.07, 6.45) is -0.0809. The normalized spacial score (nSPS) is 16.3. The highest BCUT2D eigenvalue weighted by atomic mass is 32.2. The average molecular weight is 301 g/mol. The van der Waals surface area contributed by atoms with Gasteiger partial charge in [-0.3, -0.25) is 0 Å². The zero-order valence-electron chi connectivity index (χ0n) is 11.3. The van der Waals surface area contributed by atoms with Gasteiger partial charge in [0.05, 0.1) is 0 Å². The molecule has 1 heterocycles. The summed E-state index contributed by atoms with van der Waals surface area (Å²) >= 11 is 1.08. The summed E-state index contributed by atoms with van der Waals surface area (Å²) in [5, 5.41) is 17.1. The van der Waals surface area contributed by atoms with Crippen LogP contribution >= 0.6 is 11.3 Å². The third-order valence-electron chi connectivity index (χ3n) is 3.17. The summed E-state index contributed by atoms with van der Waals surface area (Å²) < 4.78 is 23.3. The van der Waals surface area contributed by atoms with E-state index in [1.807, 2.05) is 13.8 Å². The first-order valence-corrected chi connectivity index (χ1v) is 8.46. The Kier molecular flexibility index (Phi) is 5.56. The minimum Gasteiger partial charge on any atom is -0.380 e. The number of rotatable bonds is 5. The number of nitrogens with two attached hydrogens (primary N) is 1. The van der Waals surface area contributed by atoms with Crippen LogP contribution in [-0.4, -0.2) is 19.6 Å². The Bertz CT molecular complexity index is 581. The van der Waals surface area contributed by atoms with Crippen molar-refractivity contribution < 1.29 is 13.5 Å². The maximum absolute atomic E-state index is 11.6. The summed E-state index contributed by atoms with van der Waals surface area (Å²) in [5.41, 5.74) is 0.567. The number of primary sulfonamides is 1. The van der Waals surface area contributed by atoms with Crippen LogP contribution in [0, 0.1) is 17.8 Å². The zero-order chi connectivity index (χ0) is 14.6. The maximum atomic E-state index is 11.6. The molecule has 0 radical (unpaired) electrons. The molecule has 0 aliphatic heterocycles. The van der Waals surface area contributed by atoms with Crippen molar-refractivity contribution in [1.82, 2.24) is 0 Å². The van der Waals surface area contributed by atoms with Crippen LogP contribution in [0.5, 0.6) is 0 Å². The van der Waals surface area contributed by atoms with E-state index in [0.717, 1.165) is 17.8 Å². The number of hydrogen-bond acceptors (Lipinski definition) is 4. The lowest BCUT2D eigenvalue weighted by molar-refractivity contribution is 0.167. The highest BCUT2D eigenvalue weighted by Gasteiger charge is 2.30. The van der Waals surface area contributed by atoms with Gasteiger partial charge in [-0.15, -0.1) is 17.3 Å². The van der Waals surface area contributed by atoms with Crippen LogP contribution in [0.3, 0.4) is 0 Å². The van der Waals surface area contributed by atoms with Crippen molar-refractivity contribution in [2.75, 3.05) is 0 Å². The Morgan fingerprint density at radius 3 is 2.63 bits per heavy atom. The van der Waals surface area contributed by atoms with Crippen molar-refractivity contribution in [2.45, 2.75) is 43.4 Å². The van der Waals surface area contributed by atoms with E-state index in [2.05, 4.69) is 11.8 Å². The molecule has 1 aromatic rings. The minimum atomic E-state index is -3.77. The van der Waals surface area contributed by atoms with Gasteiger partial charge in [-0.05, 0) is 29.9 Å². The van der Waals surface area contributed by atoms with Gasteiger partial charge in [0.2, 0.25) is 10.0 Å². The van der Waals surface area contributed by atoms with Gasteiger partial charge in [-0.25, -0.2) is 13.6 Å². The second-order valence-corrected chi connectivity index (χ2v) is 7.13. The van der Waals surface area contributed by atoms with Gasteiger partial charge in [-0.1, -0.05) is 26.2 Å². The molecule has 0 aromatic carbocycles. The van der Waals surface area contributed by atoms with Crippen molar-refractivity contribution in [3.8, 4) is 11.8 Å². The van der Waals surface area contributed by atoms with E-state index < -0.39 is 16.1 Å².